The lowest BCUT2D eigenvalue weighted by atomic mass is 10.1. The van der Waals surface area contributed by atoms with Crippen LogP contribution < -0.4 is 5.69 Å². The zero-order valence-corrected chi connectivity index (χ0v) is 13.4. The number of carbonyl (C=O) groups is 1. The Bertz CT molecular complexity index is 952. The molecule has 0 aliphatic carbocycles. The molecule has 2 aromatic heterocycles. The third-order valence-electron chi connectivity index (χ3n) is 4.52. The normalized spacial score (nSPS) is 17.7. The SMILES string of the molecule is Cc1cc(C2CCCN2C(=O)Cn2c(=O)[nH]c3ccccc32)on1. The molecule has 1 aliphatic rings. The lowest BCUT2D eigenvalue weighted by Gasteiger charge is -2.22. The highest BCUT2D eigenvalue weighted by atomic mass is 16.5. The Morgan fingerprint density at radius 2 is 2.25 bits per heavy atom. The van der Waals surface area contributed by atoms with Gasteiger partial charge in [0.1, 0.15) is 6.54 Å². The third kappa shape index (κ3) is 2.42. The average molecular weight is 326 g/mol. The first-order valence-corrected chi connectivity index (χ1v) is 8.04. The molecule has 1 aliphatic heterocycles. The lowest BCUT2D eigenvalue weighted by Crippen LogP contribution is -2.35. The number of benzene rings is 1. The number of aromatic nitrogens is 3. The van der Waals surface area contributed by atoms with Crippen molar-refractivity contribution in [2.75, 3.05) is 6.54 Å². The summed E-state index contributed by atoms with van der Waals surface area (Å²) >= 11 is 0. The van der Waals surface area contributed by atoms with E-state index in [4.69, 9.17) is 4.52 Å². The maximum atomic E-state index is 12.8. The number of amides is 1. The van der Waals surface area contributed by atoms with E-state index in [9.17, 15) is 9.59 Å². The van der Waals surface area contributed by atoms with Gasteiger partial charge in [-0.2, -0.15) is 0 Å². The molecule has 7 heteroatoms. The number of likely N-dealkylation sites (tertiary alicyclic amines) is 1. The summed E-state index contributed by atoms with van der Waals surface area (Å²) in [7, 11) is 0. The third-order valence-corrected chi connectivity index (χ3v) is 4.52. The van der Waals surface area contributed by atoms with Crippen LogP contribution in [0.5, 0.6) is 0 Å². The Labute approximate surface area is 137 Å². The van der Waals surface area contributed by atoms with Gasteiger partial charge in [-0.15, -0.1) is 0 Å². The number of hydrogen-bond acceptors (Lipinski definition) is 4. The van der Waals surface area contributed by atoms with Gasteiger partial charge in [-0.05, 0) is 31.9 Å². The van der Waals surface area contributed by atoms with Crippen LogP contribution >= 0.6 is 0 Å². The molecule has 24 heavy (non-hydrogen) atoms. The minimum Gasteiger partial charge on any atom is -0.359 e. The van der Waals surface area contributed by atoms with Crippen molar-refractivity contribution in [3.8, 4) is 0 Å². The van der Waals surface area contributed by atoms with Gasteiger partial charge in [-0.3, -0.25) is 9.36 Å². The van der Waals surface area contributed by atoms with Gasteiger partial charge in [0.25, 0.3) is 0 Å². The Hall–Kier alpha value is -2.83. The monoisotopic (exact) mass is 326 g/mol. The van der Waals surface area contributed by atoms with Crippen molar-refractivity contribution in [2.45, 2.75) is 32.4 Å². The molecule has 7 nitrogen and oxygen atoms in total. The maximum absolute atomic E-state index is 12.8. The summed E-state index contributed by atoms with van der Waals surface area (Å²) in [5, 5.41) is 3.91. The number of H-pyrrole nitrogens is 1. The van der Waals surface area contributed by atoms with Gasteiger partial charge >= 0.3 is 5.69 Å². The predicted molar refractivity (Wildman–Crippen MR) is 87.5 cm³/mol. The number of aryl methyl sites for hydroxylation is 1. The molecular weight excluding hydrogens is 308 g/mol. The number of nitrogens with zero attached hydrogens (tertiary/aromatic N) is 3. The molecule has 4 rings (SSSR count). The maximum Gasteiger partial charge on any atom is 0.326 e. The number of rotatable bonds is 3. The lowest BCUT2D eigenvalue weighted by molar-refractivity contribution is -0.133. The summed E-state index contributed by atoms with van der Waals surface area (Å²) in [6, 6.07) is 9.14. The van der Waals surface area contributed by atoms with E-state index < -0.39 is 0 Å². The molecule has 3 heterocycles. The number of para-hydroxylation sites is 2. The van der Waals surface area contributed by atoms with Gasteiger partial charge in [0, 0.05) is 12.6 Å². The van der Waals surface area contributed by atoms with Crippen LogP contribution in [0, 0.1) is 6.92 Å². The van der Waals surface area contributed by atoms with Gasteiger partial charge in [-0.1, -0.05) is 17.3 Å². The summed E-state index contributed by atoms with van der Waals surface area (Å²) in [6.45, 7) is 2.55. The van der Waals surface area contributed by atoms with Crippen LogP contribution in [0.15, 0.2) is 39.6 Å². The fourth-order valence-electron chi connectivity index (χ4n) is 3.39. The second kappa shape index (κ2) is 5.67. The van der Waals surface area contributed by atoms with E-state index in [-0.39, 0.29) is 24.2 Å². The Morgan fingerprint density at radius 1 is 1.42 bits per heavy atom. The zero-order valence-electron chi connectivity index (χ0n) is 13.4. The van der Waals surface area contributed by atoms with Crippen molar-refractivity contribution >= 4 is 16.9 Å². The Balaban J connectivity index is 1.61. The molecule has 1 N–H and O–H groups in total. The van der Waals surface area contributed by atoms with Crippen molar-refractivity contribution in [3.05, 3.63) is 52.3 Å². The van der Waals surface area contributed by atoms with E-state index in [1.165, 1.54) is 4.57 Å². The van der Waals surface area contributed by atoms with Crippen LogP contribution in [0.4, 0.5) is 0 Å². The smallest absolute Gasteiger partial charge is 0.326 e. The quantitative estimate of drug-likeness (QED) is 0.798. The highest BCUT2D eigenvalue weighted by Crippen LogP contribution is 2.32. The first kappa shape index (κ1) is 14.7. The summed E-state index contributed by atoms with van der Waals surface area (Å²) in [6.07, 6.45) is 1.77. The Morgan fingerprint density at radius 3 is 3.04 bits per heavy atom. The molecule has 1 saturated heterocycles. The van der Waals surface area contributed by atoms with E-state index in [1.807, 2.05) is 37.3 Å². The molecule has 3 aromatic rings. The first-order chi connectivity index (χ1) is 11.6. The molecule has 1 unspecified atom stereocenters. The molecule has 0 spiro atoms. The molecule has 1 fully saturated rings. The van der Waals surface area contributed by atoms with Gasteiger partial charge in [0.2, 0.25) is 5.91 Å². The standard InChI is InChI=1S/C17H18N4O3/c1-11-9-15(24-19-11)14-7-4-8-20(14)16(22)10-21-13-6-3-2-5-12(13)18-17(21)23/h2-3,5-6,9,14H,4,7-8,10H2,1H3,(H,18,23). The first-order valence-electron chi connectivity index (χ1n) is 8.04. The topological polar surface area (TPSA) is 84.1 Å². The molecule has 124 valence electrons. The number of carbonyl (C=O) groups excluding carboxylic acids is 1. The molecule has 0 bridgehead atoms. The van der Waals surface area contributed by atoms with Gasteiger partial charge in [-0.25, -0.2) is 4.79 Å². The molecule has 1 amide bonds. The van der Waals surface area contributed by atoms with E-state index in [2.05, 4.69) is 10.1 Å². The van der Waals surface area contributed by atoms with E-state index >= 15 is 0 Å². The van der Waals surface area contributed by atoms with Crippen molar-refractivity contribution in [2.24, 2.45) is 0 Å². The number of hydrogen-bond donors (Lipinski definition) is 1. The van der Waals surface area contributed by atoms with Crippen LogP contribution in [-0.2, 0) is 11.3 Å². The van der Waals surface area contributed by atoms with Crippen LogP contribution in [0.25, 0.3) is 11.0 Å². The molecule has 1 aromatic carbocycles. The molecule has 0 saturated carbocycles. The van der Waals surface area contributed by atoms with Crippen LogP contribution in [0.2, 0.25) is 0 Å². The van der Waals surface area contributed by atoms with Crippen LogP contribution in [0.1, 0.15) is 30.3 Å². The minimum atomic E-state index is -0.268. The van der Waals surface area contributed by atoms with Crippen molar-refractivity contribution in [1.29, 1.82) is 0 Å². The fraction of sp³-hybridized carbons (Fsp3) is 0.353. The fourth-order valence-corrected chi connectivity index (χ4v) is 3.39. The summed E-state index contributed by atoms with van der Waals surface area (Å²) in [4.78, 5) is 29.5. The zero-order chi connectivity index (χ0) is 16.7. The highest BCUT2D eigenvalue weighted by molar-refractivity contribution is 5.81. The molecule has 0 radical (unpaired) electrons. The second-order valence-electron chi connectivity index (χ2n) is 6.15. The average Bonchev–Trinajstić information content (AvgIpc) is 3.27. The van der Waals surface area contributed by atoms with Gasteiger partial charge < -0.3 is 14.4 Å². The van der Waals surface area contributed by atoms with Crippen molar-refractivity contribution in [1.82, 2.24) is 19.6 Å². The summed E-state index contributed by atoms with van der Waals surface area (Å²) in [5.41, 5.74) is 2.01. The van der Waals surface area contributed by atoms with Crippen LogP contribution in [0.3, 0.4) is 0 Å². The number of nitrogens with one attached hydrogen (secondary N) is 1. The van der Waals surface area contributed by atoms with E-state index in [1.54, 1.807) is 4.90 Å². The highest BCUT2D eigenvalue weighted by Gasteiger charge is 2.32. The summed E-state index contributed by atoms with van der Waals surface area (Å²) in [5.74, 6) is 0.628. The predicted octanol–water partition coefficient (Wildman–Crippen LogP) is 1.99. The molecule has 1 atom stereocenters. The number of imidazole rings is 1. The van der Waals surface area contributed by atoms with Crippen LogP contribution in [-0.4, -0.2) is 32.1 Å². The number of aromatic amines is 1. The van der Waals surface area contributed by atoms with Gasteiger partial charge in [0.05, 0.1) is 22.8 Å². The van der Waals surface area contributed by atoms with E-state index in [0.717, 1.165) is 29.6 Å². The Kier molecular flexibility index (Phi) is 3.48. The van der Waals surface area contributed by atoms with Gasteiger partial charge in [0.15, 0.2) is 5.76 Å². The van der Waals surface area contributed by atoms with Crippen molar-refractivity contribution < 1.29 is 9.32 Å². The second-order valence-corrected chi connectivity index (χ2v) is 6.15. The summed E-state index contributed by atoms with van der Waals surface area (Å²) < 4.78 is 6.82. The largest absolute Gasteiger partial charge is 0.359 e. The number of fused-ring (bicyclic) bond motifs is 1. The molecular formula is C17H18N4O3. The van der Waals surface area contributed by atoms with Crippen molar-refractivity contribution in [3.63, 3.8) is 0 Å². The van der Waals surface area contributed by atoms with E-state index in [0.29, 0.717) is 12.3 Å². The minimum absolute atomic E-state index is 0.0203.